The molecule has 0 radical (unpaired) electrons. The van der Waals surface area contributed by atoms with Crippen LogP contribution in [0.5, 0.6) is 0 Å². The highest BCUT2D eigenvalue weighted by molar-refractivity contribution is 7.03. The van der Waals surface area contributed by atoms with Crippen LogP contribution in [-0.2, 0) is 7.05 Å². The van der Waals surface area contributed by atoms with Gasteiger partial charge in [0.15, 0.2) is 5.84 Å². The second kappa shape index (κ2) is 8.97. The van der Waals surface area contributed by atoms with Crippen LogP contribution in [0.3, 0.4) is 0 Å². The van der Waals surface area contributed by atoms with Crippen molar-refractivity contribution >= 4 is 23.1 Å². The Morgan fingerprint density at radius 1 is 0.893 bits per heavy atom. The van der Waals surface area contributed by atoms with Gasteiger partial charge in [-0.05, 0) is 51.4 Å². The van der Waals surface area contributed by atoms with Gasteiger partial charge in [-0.15, -0.1) is 0 Å². The van der Waals surface area contributed by atoms with E-state index in [1.165, 1.54) is 0 Å². The molecule has 0 bridgehead atoms. The number of aromatic nitrogens is 2. The lowest BCUT2D eigenvalue weighted by Gasteiger charge is -2.08. The van der Waals surface area contributed by atoms with E-state index >= 15 is 0 Å². The average molecular weight is 394 g/mol. The summed E-state index contributed by atoms with van der Waals surface area (Å²) in [5.74, 6) is 0.694. The zero-order chi connectivity index (χ0) is 20.1. The van der Waals surface area contributed by atoms with Crippen molar-refractivity contribution in [2.75, 3.05) is 0 Å². The fraction of sp³-hybridized carbons (Fsp3) is 0.318. The molecule has 5 nitrogen and oxygen atoms in total. The third kappa shape index (κ3) is 4.75. The molecule has 0 atom stereocenters. The van der Waals surface area contributed by atoms with Gasteiger partial charge >= 0.3 is 0 Å². The van der Waals surface area contributed by atoms with E-state index in [9.17, 15) is 0 Å². The van der Waals surface area contributed by atoms with Crippen LogP contribution in [0.1, 0.15) is 39.3 Å². The van der Waals surface area contributed by atoms with Gasteiger partial charge in [0.05, 0.1) is 5.69 Å². The fourth-order valence-electron chi connectivity index (χ4n) is 2.80. The Morgan fingerprint density at radius 2 is 1.50 bits per heavy atom. The van der Waals surface area contributed by atoms with Gasteiger partial charge in [0.2, 0.25) is 10.4 Å². The summed E-state index contributed by atoms with van der Waals surface area (Å²) < 4.78 is 4.25. The monoisotopic (exact) mass is 393 g/mol. The van der Waals surface area contributed by atoms with Crippen LogP contribution in [0.2, 0.25) is 0 Å². The van der Waals surface area contributed by atoms with Crippen molar-refractivity contribution < 1.29 is 0 Å². The van der Waals surface area contributed by atoms with Crippen LogP contribution in [0.25, 0.3) is 0 Å². The van der Waals surface area contributed by atoms with E-state index in [1.54, 1.807) is 11.5 Å². The first-order valence-electron chi connectivity index (χ1n) is 9.52. The maximum Gasteiger partial charge on any atom is 0.217 e. The molecule has 0 aliphatic rings. The summed E-state index contributed by atoms with van der Waals surface area (Å²) in [6.07, 6.45) is 0. The molecular formula is C22H27N5S. The minimum atomic E-state index is 0.213. The summed E-state index contributed by atoms with van der Waals surface area (Å²) in [7, 11) is 2.03. The Kier molecular flexibility index (Phi) is 6.41. The molecule has 0 unspecified atom stereocenters. The fourth-order valence-corrected chi connectivity index (χ4v) is 3.77. The number of benzene rings is 2. The maximum absolute atomic E-state index is 4.98. The summed E-state index contributed by atoms with van der Waals surface area (Å²) in [6, 6.07) is 20.5. The largest absolute Gasteiger partial charge is 0.284 e. The Labute approximate surface area is 170 Å². The second-order valence-electron chi connectivity index (χ2n) is 7.11. The molecule has 3 aromatic rings. The molecule has 0 aliphatic carbocycles. The quantitative estimate of drug-likeness (QED) is 0.464. The highest BCUT2D eigenvalue weighted by Gasteiger charge is 2.11. The van der Waals surface area contributed by atoms with E-state index in [-0.39, 0.29) is 12.1 Å². The molecule has 0 spiro atoms. The summed E-state index contributed by atoms with van der Waals surface area (Å²) in [4.78, 5) is 15.5. The van der Waals surface area contributed by atoms with Gasteiger partial charge in [-0.25, -0.2) is 9.98 Å². The molecule has 2 aromatic carbocycles. The standard InChI is InChI=1S/C22H27N5S/c1-16(2)23-21-26(5)28-22(27(21)17(3)4)25-20(18-12-8-6-9-13-18)24-19-14-10-7-11-15-19/h6-17H,1-5H3. The Bertz CT molecular complexity index is 1070. The van der Waals surface area contributed by atoms with Crippen LogP contribution < -0.4 is 10.4 Å². The third-order valence-corrected chi connectivity index (χ3v) is 4.93. The van der Waals surface area contributed by atoms with Crippen molar-refractivity contribution in [1.82, 2.24) is 8.52 Å². The van der Waals surface area contributed by atoms with Crippen molar-refractivity contribution in [3.8, 4) is 0 Å². The molecule has 28 heavy (non-hydrogen) atoms. The van der Waals surface area contributed by atoms with E-state index < -0.39 is 0 Å². The highest BCUT2D eigenvalue weighted by Crippen LogP contribution is 2.14. The molecule has 0 N–H and O–H groups in total. The molecule has 146 valence electrons. The zero-order valence-corrected chi connectivity index (χ0v) is 17.9. The smallest absolute Gasteiger partial charge is 0.217 e. The van der Waals surface area contributed by atoms with Crippen molar-refractivity contribution in [1.29, 1.82) is 0 Å². The molecule has 0 amide bonds. The normalized spacial score (nSPS) is 13.8. The Balaban J connectivity index is 2.26. The molecular weight excluding hydrogens is 366 g/mol. The van der Waals surface area contributed by atoms with Gasteiger partial charge in [-0.3, -0.25) is 8.52 Å². The first-order chi connectivity index (χ1) is 13.5. The SMILES string of the molecule is CC(C)N=c1n(C)sc(=NC(=Nc2ccccc2)c2ccccc2)n1C(C)C. The summed E-state index contributed by atoms with van der Waals surface area (Å²) in [5, 5.41) is 0. The molecule has 6 heteroatoms. The number of nitrogens with zero attached hydrogens (tertiary/aromatic N) is 5. The van der Waals surface area contributed by atoms with Gasteiger partial charge < -0.3 is 0 Å². The van der Waals surface area contributed by atoms with Crippen LogP contribution in [0.15, 0.2) is 75.6 Å². The number of hydrogen-bond donors (Lipinski definition) is 0. The molecule has 0 fully saturated rings. The van der Waals surface area contributed by atoms with Gasteiger partial charge in [-0.1, -0.05) is 48.5 Å². The predicted molar refractivity (Wildman–Crippen MR) is 117 cm³/mol. The number of aryl methyl sites for hydroxylation is 1. The van der Waals surface area contributed by atoms with E-state index in [4.69, 9.17) is 15.0 Å². The topological polar surface area (TPSA) is 46.9 Å². The zero-order valence-electron chi connectivity index (χ0n) is 17.1. The van der Waals surface area contributed by atoms with E-state index in [1.807, 2.05) is 67.7 Å². The molecule has 1 aromatic heterocycles. The molecule has 0 saturated heterocycles. The maximum atomic E-state index is 4.98. The van der Waals surface area contributed by atoms with Crippen molar-refractivity contribution in [3.63, 3.8) is 0 Å². The van der Waals surface area contributed by atoms with Crippen molar-refractivity contribution in [3.05, 3.63) is 76.6 Å². The number of aliphatic imine (C=N–C) groups is 1. The minimum absolute atomic E-state index is 0.213. The first-order valence-corrected chi connectivity index (χ1v) is 10.3. The Hall–Kier alpha value is -2.73. The Morgan fingerprint density at radius 3 is 2.07 bits per heavy atom. The first kappa shape index (κ1) is 20.0. The average Bonchev–Trinajstić information content (AvgIpc) is 2.97. The molecule has 0 saturated carbocycles. The lowest BCUT2D eigenvalue weighted by molar-refractivity contribution is 0.528. The lowest BCUT2D eigenvalue weighted by atomic mass is 10.2. The summed E-state index contributed by atoms with van der Waals surface area (Å²) in [5.41, 5.74) is 2.80. The molecule has 1 heterocycles. The predicted octanol–water partition coefficient (Wildman–Crippen LogP) is 4.46. The van der Waals surface area contributed by atoms with Gasteiger partial charge in [-0.2, -0.15) is 4.99 Å². The van der Waals surface area contributed by atoms with Crippen LogP contribution >= 0.6 is 11.5 Å². The van der Waals surface area contributed by atoms with Crippen LogP contribution in [0, 0.1) is 0 Å². The molecule has 0 aliphatic heterocycles. The van der Waals surface area contributed by atoms with Crippen LogP contribution in [-0.4, -0.2) is 20.4 Å². The van der Waals surface area contributed by atoms with E-state index in [0.29, 0.717) is 5.84 Å². The third-order valence-electron chi connectivity index (χ3n) is 4.04. The van der Waals surface area contributed by atoms with E-state index in [0.717, 1.165) is 21.7 Å². The van der Waals surface area contributed by atoms with Crippen molar-refractivity contribution in [2.45, 2.75) is 39.8 Å². The lowest BCUT2D eigenvalue weighted by Crippen LogP contribution is -2.33. The van der Waals surface area contributed by atoms with Crippen LogP contribution in [0.4, 0.5) is 5.69 Å². The van der Waals surface area contributed by atoms with E-state index in [2.05, 4.69) is 36.2 Å². The molecule has 3 rings (SSSR count). The number of rotatable bonds is 4. The van der Waals surface area contributed by atoms with Gasteiger partial charge in [0.25, 0.3) is 0 Å². The van der Waals surface area contributed by atoms with Crippen molar-refractivity contribution in [2.24, 2.45) is 22.0 Å². The van der Waals surface area contributed by atoms with Gasteiger partial charge in [0.1, 0.15) is 0 Å². The number of amidine groups is 1. The number of para-hydroxylation sites is 1. The van der Waals surface area contributed by atoms with Gasteiger partial charge in [0, 0.05) is 24.7 Å². The second-order valence-corrected chi connectivity index (χ2v) is 8.20. The minimum Gasteiger partial charge on any atom is -0.284 e. The highest BCUT2D eigenvalue weighted by atomic mass is 32.1. The number of hydrogen-bond acceptors (Lipinski definition) is 3. The summed E-state index contributed by atoms with van der Waals surface area (Å²) in [6.45, 7) is 8.49. The summed E-state index contributed by atoms with van der Waals surface area (Å²) >= 11 is 1.58.